The molecule has 1 heterocycles. The second-order valence-electron chi connectivity index (χ2n) is 5.42. The van der Waals surface area contributed by atoms with Crippen LogP contribution in [0.4, 0.5) is 4.79 Å². The second kappa shape index (κ2) is 9.03. The molecule has 5 nitrogen and oxygen atoms in total. The van der Waals surface area contributed by atoms with Crippen molar-refractivity contribution in [1.82, 2.24) is 15.5 Å². The first kappa shape index (κ1) is 19.5. The number of thiocarbonyl (C=S) groups is 1. The van der Waals surface area contributed by atoms with E-state index in [9.17, 15) is 9.59 Å². The van der Waals surface area contributed by atoms with Crippen molar-refractivity contribution in [2.24, 2.45) is 0 Å². The van der Waals surface area contributed by atoms with E-state index in [1.165, 1.54) is 4.90 Å². The minimum Gasteiger partial charge on any atom is -0.361 e. The van der Waals surface area contributed by atoms with Crippen LogP contribution in [0.2, 0.25) is 5.02 Å². The molecule has 0 bridgehead atoms. The lowest BCUT2D eigenvalue weighted by molar-refractivity contribution is -0.122. The molecule has 8 heteroatoms. The lowest BCUT2D eigenvalue weighted by Gasteiger charge is -2.14. The highest BCUT2D eigenvalue weighted by atomic mass is 35.5. The second-order valence-corrected chi connectivity index (χ2v) is 7.23. The fraction of sp³-hybridized carbons (Fsp3) is 0.235. The molecule has 1 fully saturated rings. The zero-order chi connectivity index (χ0) is 18.4. The van der Waals surface area contributed by atoms with Gasteiger partial charge in [0.25, 0.3) is 11.1 Å². The number of hydrogen-bond donors (Lipinski definition) is 2. The van der Waals surface area contributed by atoms with E-state index in [-0.39, 0.29) is 17.7 Å². The van der Waals surface area contributed by atoms with Gasteiger partial charge in [-0.05, 0) is 48.6 Å². The van der Waals surface area contributed by atoms with E-state index in [0.29, 0.717) is 33.7 Å². The smallest absolute Gasteiger partial charge is 0.293 e. The number of hydrogen-bond acceptors (Lipinski definition) is 4. The molecule has 1 saturated heterocycles. The average molecular weight is 396 g/mol. The molecule has 0 radical (unpaired) electrons. The summed E-state index contributed by atoms with van der Waals surface area (Å²) >= 11 is 12.1. The van der Waals surface area contributed by atoms with Crippen LogP contribution in [0.1, 0.15) is 12.5 Å². The quantitative estimate of drug-likeness (QED) is 0.437. The molecular formula is C17H18ClN3O2S2. The summed E-state index contributed by atoms with van der Waals surface area (Å²) < 4.78 is 0. The number of rotatable bonds is 6. The number of carbonyl (C=O) groups is 2. The molecule has 0 aromatic heterocycles. The van der Waals surface area contributed by atoms with E-state index in [1.807, 2.05) is 19.1 Å². The van der Waals surface area contributed by atoms with Crippen LogP contribution in [0, 0.1) is 0 Å². The Labute approximate surface area is 161 Å². The molecule has 2 amide bonds. The van der Waals surface area contributed by atoms with Crippen LogP contribution in [0.3, 0.4) is 0 Å². The van der Waals surface area contributed by atoms with Gasteiger partial charge < -0.3 is 10.6 Å². The largest absolute Gasteiger partial charge is 0.361 e. The topological polar surface area (TPSA) is 61.4 Å². The highest BCUT2D eigenvalue weighted by molar-refractivity contribution is 8.18. The number of amides is 2. The summed E-state index contributed by atoms with van der Waals surface area (Å²) in [5.41, 5.74) is 1.66. The van der Waals surface area contributed by atoms with Gasteiger partial charge in [0.05, 0.1) is 4.91 Å². The number of thioether (sulfide) groups is 1. The van der Waals surface area contributed by atoms with Crippen molar-refractivity contribution in [3.05, 3.63) is 51.9 Å². The third kappa shape index (κ3) is 5.59. The Morgan fingerprint density at radius 2 is 2.08 bits per heavy atom. The minimum absolute atomic E-state index is 0.236. The number of carbonyl (C=O) groups excluding carboxylic acids is 2. The van der Waals surface area contributed by atoms with Crippen LogP contribution in [-0.4, -0.2) is 40.8 Å². The van der Waals surface area contributed by atoms with Gasteiger partial charge in [-0.15, -0.1) is 0 Å². The monoisotopic (exact) mass is 395 g/mol. The highest BCUT2D eigenvalue weighted by Crippen LogP contribution is 2.33. The Morgan fingerprint density at radius 1 is 1.36 bits per heavy atom. The third-order valence-electron chi connectivity index (χ3n) is 3.24. The van der Waals surface area contributed by atoms with Crippen LogP contribution in [0.5, 0.6) is 0 Å². The molecule has 25 heavy (non-hydrogen) atoms. The van der Waals surface area contributed by atoms with Crippen LogP contribution in [0.25, 0.3) is 6.08 Å². The summed E-state index contributed by atoms with van der Waals surface area (Å²) in [5, 5.41) is 6.63. The van der Waals surface area contributed by atoms with Gasteiger partial charge in [0.1, 0.15) is 0 Å². The van der Waals surface area contributed by atoms with Crippen molar-refractivity contribution in [3.8, 4) is 0 Å². The molecule has 2 N–H and O–H groups in total. The van der Waals surface area contributed by atoms with E-state index in [2.05, 4.69) is 17.2 Å². The Bertz CT molecular complexity index is 749. The van der Waals surface area contributed by atoms with E-state index in [4.69, 9.17) is 23.8 Å². The lowest BCUT2D eigenvalue weighted by Crippen LogP contribution is -2.41. The van der Waals surface area contributed by atoms with Gasteiger partial charge in [-0.2, -0.15) is 0 Å². The Kier molecular flexibility index (Phi) is 7.04. The molecule has 1 aliphatic rings. The normalized spacial score (nSPS) is 15.6. The molecular weight excluding hydrogens is 378 g/mol. The van der Waals surface area contributed by atoms with Gasteiger partial charge in [0.2, 0.25) is 0 Å². The summed E-state index contributed by atoms with van der Waals surface area (Å²) in [6.45, 7) is 6.85. The third-order valence-corrected chi connectivity index (χ3v) is 4.78. The van der Waals surface area contributed by atoms with E-state index in [1.54, 1.807) is 18.2 Å². The average Bonchev–Trinajstić information content (AvgIpc) is 2.82. The van der Waals surface area contributed by atoms with Crippen molar-refractivity contribution < 1.29 is 9.59 Å². The molecule has 1 aromatic rings. The van der Waals surface area contributed by atoms with Crippen LogP contribution in [-0.2, 0) is 4.79 Å². The van der Waals surface area contributed by atoms with Gasteiger partial charge in [-0.1, -0.05) is 42.0 Å². The van der Waals surface area contributed by atoms with Gasteiger partial charge >= 0.3 is 0 Å². The first-order valence-corrected chi connectivity index (χ1v) is 9.14. The predicted octanol–water partition coefficient (Wildman–Crippen LogP) is 3.42. The van der Waals surface area contributed by atoms with Gasteiger partial charge in [-0.3, -0.25) is 14.5 Å². The van der Waals surface area contributed by atoms with Gasteiger partial charge in [0, 0.05) is 24.7 Å². The molecule has 0 aliphatic carbocycles. The molecule has 1 aromatic carbocycles. The molecule has 0 spiro atoms. The molecule has 132 valence electrons. The molecule has 0 saturated carbocycles. The molecule has 0 unspecified atom stereocenters. The summed E-state index contributed by atoms with van der Waals surface area (Å²) in [6, 6.07) is 7.16. The Balaban J connectivity index is 1.92. The first-order chi connectivity index (χ1) is 11.9. The lowest BCUT2D eigenvalue weighted by atomic mass is 10.2. The van der Waals surface area contributed by atoms with Crippen LogP contribution in [0.15, 0.2) is 41.3 Å². The van der Waals surface area contributed by atoms with Gasteiger partial charge in [0.15, 0.2) is 5.11 Å². The van der Waals surface area contributed by atoms with E-state index >= 15 is 0 Å². The Hall–Kier alpha value is -1.83. The first-order valence-electron chi connectivity index (χ1n) is 7.54. The summed E-state index contributed by atoms with van der Waals surface area (Å²) in [4.78, 5) is 26.0. The number of nitrogens with zero attached hydrogens (tertiary/aromatic N) is 1. The molecule has 0 atom stereocenters. The zero-order valence-electron chi connectivity index (χ0n) is 13.7. The highest BCUT2D eigenvalue weighted by Gasteiger charge is 2.34. The predicted molar refractivity (Wildman–Crippen MR) is 108 cm³/mol. The fourth-order valence-electron chi connectivity index (χ4n) is 2.00. The number of halogens is 1. The maximum Gasteiger partial charge on any atom is 0.293 e. The van der Waals surface area contributed by atoms with Crippen LogP contribution < -0.4 is 10.6 Å². The summed E-state index contributed by atoms with van der Waals surface area (Å²) in [7, 11) is 0. The maximum absolute atomic E-state index is 12.4. The number of imide groups is 1. The van der Waals surface area contributed by atoms with Crippen molar-refractivity contribution >= 4 is 57.9 Å². The van der Waals surface area contributed by atoms with Gasteiger partial charge in [-0.25, -0.2) is 0 Å². The number of nitrogens with one attached hydrogen (secondary N) is 2. The van der Waals surface area contributed by atoms with Crippen LogP contribution >= 0.6 is 35.6 Å². The van der Waals surface area contributed by atoms with Crippen molar-refractivity contribution in [2.45, 2.75) is 6.92 Å². The molecule has 2 rings (SSSR count). The minimum atomic E-state index is -0.322. The summed E-state index contributed by atoms with van der Waals surface area (Å²) in [6.07, 6.45) is 1.64. The number of benzene rings is 1. The standard InChI is InChI=1S/C17H18ClN3O2S2/c1-11(2)10-20-16(24)19-7-8-21-15(22)14(25-17(21)23)9-12-5-3-4-6-13(12)18/h3-6,9H,1,7-8,10H2,2H3,(H2,19,20,24)/b14-9-. The SMILES string of the molecule is C=C(C)CNC(=S)NCCN1C(=O)S/C(=C\c2ccccc2Cl)C1=O. The van der Waals surface area contributed by atoms with E-state index in [0.717, 1.165) is 17.3 Å². The zero-order valence-corrected chi connectivity index (χ0v) is 16.1. The maximum atomic E-state index is 12.4. The van der Waals surface area contributed by atoms with Crippen molar-refractivity contribution in [1.29, 1.82) is 0 Å². The van der Waals surface area contributed by atoms with Crippen molar-refractivity contribution in [3.63, 3.8) is 0 Å². The Morgan fingerprint density at radius 3 is 2.76 bits per heavy atom. The van der Waals surface area contributed by atoms with E-state index < -0.39 is 0 Å². The summed E-state index contributed by atoms with van der Waals surface area (Å²) in [5.74, 6) is -0.322. The molecule has 1 aliphatic heterocycles. The van der Waals surface area contributed by atoms with Crippen molar-refractivity contribution in [2.75, 3.05) is 19.6 Å². The fourth-order valence-corrected chi connectivity index (χ4v) is 3.22.